The second-order valence-electron chi connectivity index (χ2n) is 8.25. The number of imide groups is 1. The topological polar surface area (TPSA) is 105 Å². The fourth-order valence-corrected chi connectivity index (χ4v) is 4.39. The van der Waals surface area contributed by atoms with Crippen molar-refractivity contribution in [3.63, 3.8) is 0 Å². The summed E-state index contributed by atoms with van der Waals surface area (Å²) in [6.07, 6.45) is 1.35. The first-order valence-corrected chi connectivity index (χ1v) is 10.9. The number of piperidine rings is 1. The Morgan fingerprint density at radius 1 is 0.939 bits per heavy atom. The van der Waals surface area contributed by atoms with Gasteiger partial charge in [-0.1, -0.05) is 12.1 Å². The summed E-state index contributed by atoms with van der Waals surface area (Å²) in [6, 6.07) is 11.7. The lowest BCUT2D eigenvalue weighted by molar-refractivity contribution is -0.132. The number of amides is 4. The van der Waals surface area contributed by atoms with Gasteiger partial charge in [-0.2, -0.15) is 0 Å². The number of nitrogens with zero attached hydrogens (tertiary/aromatic N) is 2. The van der Waals surface area contributed by atoms with E-state index in [1.54, 1.807) is 47.4 Å². The molecule has 4 amide bonds. The Kier molecular flexibility index (Phi) is 5.45. The molecule has 9 heteroatoms. The van der Waals surface area contributed by atoms with E-state index in [9.17, 15) is 19.2 Å². The third-order valence-corrected chi connectivity index (χ3v) is 6.25. The van der Waals surface area contributed by atoms with Crippen LogP contribution in [0.3, 0.4) is 0 Å². The molecule has 0 atom stereocenters. The summed E-state index contributed by atoms with van der Waals surface area (Å²) >= 11 is 0. The average Bonchev–Trinajstić information content (AvgIpc) is 3.40. The molecular weight excluding hydrogens is 426 g/mol. The molecule has 0 aliphatic carbocycles. The number of hydrogen-bond acceptors (Lipinski definition) is 6. The lowest BCUT2D eigenvalue weighted by Gasteiger charge is -2.32. The van der Waals surface area contributed by atoms with Crippen molar-refractivity contribution in [1.82, 2.24) is 15.1 Å². The molecular formula is C24H23N3O6. The number of hydrogen-bond donors (Lipinski definition) is 1. The summed E-state index contributed by atoms with van der Waals surface area (Å²) in [6.45, 7) is 1.23. The van der Waals surface area contributed by atoms with Gasteiger partial charge in [0.05, 0.1) is 11.1 Å². The summed E-state index contributed by atoms with van der Waals surface area (Å²) in [5.41, 5.74) is 1.27. The van der Waals surface area contributed by atoms with Gasteiger partial charge in [0.2, 0.25) is 12.7 Å². The monoisotopic (exact) mass is 449 g/mol. The standard InChI is InChI=1S/C24H23N3O6/c28-21(9-12-27-23(30)17-3-1-2-4-18(17)24(27)31)26-10-7-16(8-11-26)25-22(29)15-5-6-19-20(13-15)33-14-32-19/h1-6,13,16H,7-12,14H2,(H,25,29). The first-order valence-electron chi connectivity index (χ1n) is 10.9. The molecule has 2 aromatic carbocycles. The Morgan fingerprint density at radius 3 is 2.30 bits per heavy atom. The summed E-state index contributed by atoms with van der Waals surface area (Å²) in [5, 5.41) is 3.01. The van der Waals surface area contributed by atoms with Crippen LogP contribution in [0.2, 0.25) is 0 Å². The van der Waals surface area contributed by atoms with Crippen molar-refractivity contribution in [3.8, 4) is 11.5 Å². The quantitative estimate of drug-likeness (QED) is 0.699. The first kappa shape index (κ1) is 21.0. The number of likely N-dealkylation sites (tertiary alicyclic amines) is 1. The van der Waals surface area contributed by atoms with Crippen LogP contribution in [0.15, 0.2) is 42.5 Å². The Morgan fingerprint density at radius 2 is 1.61 bits per heavy atom. The van der Waals surface area contributed by atoms with E-state index in [0.717, 1.165) is 4.90 Å². The maximum absolute atomic E-state index is 12.7. The van der Waals surface area contributed by atoms with E-state index in [0.29, 0.717) is 54.1 Å². The fraction of sp³-hybridized carbons (Fsp3) is 0.333. The van der Waals surface area contributed by atoms with Crippen LogP contribution in [0.25, 0.3) is 0 Å². The van der Waals surface area contributed by atoms with Gasteiger partial charge in [-0.05, 0) is 43.2 Å². The molecule has 1 N–H and O–H groups in total. The third-order valence-electron chi connectivity index (χ3n) is 6.25. The molecule has 3 heterocycles. The minimum atomic E-state index is -0.353. The van der Waals surface area contributed by atoms with Crippen LogP contribution in [-0.4, -0.2) is 65.9 Å². The summed E-state index contributed by atoms with van der Waals surface area (Å²) in [5.74, 6) is 0.179. The molecule has 0 bridgehead atoms. The van der Waals surface area contributed by atoms with E-state index in [1.165, 1.54) is 0 Å². The van der Waals surface area contributed by atoms with E-state index in [-0.39, 0.29) is 49.4 Å². The van der Waals surface area contributed by atoms with Gasteiger partial charge in [-0.15, -0.1) is 0 Å². The number of nitrogens with one attached hydrogen (secondary N) is 1. The average molecular weight is 449 g/mol. The maximum Gasteiger partial charge on any atom is 0.261 e. The number of carbonyl (C=O) groups excluding carboxylic acids is 4. The van der Waals surface area contributed by atoms with Crippen LogP contribution in [0.5, 0.6) is 11.5 Å². The highest BCUT2D eigenvalue weighted by Crippen LogP contribution is 2.32. The molecule has 0 unspecified atom stereocenters. The van der Waals surface area contributed by atoms with Crippen molar-refractivity contribution >= 4 is 23.6 Å². The lowest BCUT2D eigenvalue weighted by atomic mass is 10.0. The number of rotatable bonds is 5. The van der Waals surface area contributed by atoms with Gasteiger partial charge in [0.25, 0.3) is 17.7 Å². The van der Waals surface area contributed by atoms with Crippen LogP contribution >= 0.6 is 0 Å². The predicted octanol–water partition coefficient (Wildman–Crippen LogP) is 1.82. The molecule has 0 spiro atoms. The Balaban J connectivity index is 1.10. The number of carbonyl (C=O) groups is 4. The highest BCUT2D eigenvalue weighted by Gasteiger charge is 2.35. The lowest BCUT2D eigenvalue weighted by Crippen LogP contribution is -2.47. The first-order chi connectivity index (χ1) is 16.0. The molecule has 1 fully saturated rings. The number of ether oxygens (including phenoxy) is 2. The van der Waals surface area contributed by atoms with Gasteiger partial charge < -0.3 is 19.7 Å². The van der Waals surface area contributed by atoms with Crippen LogP contribution < -0.4 is 14.8 Å². The number of fused-ring (bicyclic) bond motifs is 2. The molecule has 9 nitrogen and oxygen atoms in total. The predicted molar refractivity (Wildman–Crippen MR) is 116 cm³/mol. The molecule has 0 saturated carbocycles. The van der Waals surface area contributed by atoms with Gasteiger partial charge in [-0.25, -0.2) is 0 Å². The van der Waals surface area contributed by atoms with Gasteiger partial charge >= 0.3 is 0 Å². The zero-order valence-electron chi connectivity index (χ0n) is 17.9. The van der Waals surface area contributed by atoms with Crippen molar-refractivity contribution in [1.29, 1.82) is 0 Å². The van der Waals surface area contributed by atoms with Crippen LogP contribution in [0.4, 0.5) is 0 Å². The Bertz CT molecular complexity index is 1100. The van der Waals surface area contributed by atoms with Crippen LogP contribution in [-0.2, 0) is 4.79 Å². The van der Waals surface area contributed by atoms with Crippen molar-refractivity contribution in [2.75, 3.05) is 26.4 Å². The van der Waals surface area contributed by atoms with Crippen molar-refractivity contribution in [2.24, 2.45) is 0 Å². The zero-order chi connectivity index (χ0) is 22.9. The minimum absolute atomic E-state index is 0.0387. The van der Waals surface area contributed by atoms with Crippen LogP contribution in [0.1, 0.15) is 50.3 Å². The second-order valence-corrected chi connectivity index (χ2v) is 8.25. The smallest absolute Gasteiger partial charge is 0.261 e. The minimum Gasteiger partial charge on any atom is -0.454 e. The molecule has 1 saturated heterocycles. The molecule has 3 aliphatic rings. The highest BCUT2D eigenvalue weighted by atomic mass is 16.7. The Labute approximate surface area is 190 Å². The number of benzene rings is 2. The highest BCUT2D eigenvalue weighted by molar-refractivity contribution is 6.21. The summed E-state index contributed by atoms with van der Waals surface area (Å²) < 4.78 is 10.6. The molecule has 5 rings (SSSR count). The second kappa shape index (κ2) is 8.57. The van der Waals surface area contributed by atoms with E-state index in [1.807, 2.05) is 0 Å². The molecule has 170 valence electrons. The summed E-state index contributed by atoms with van der Waals surface area (Å²) in [4.78, 5) is 53.0. The van der Waals surface area contributed by atoms with Gasteiger partial charge in [-0.3, -0.25) is 24.1 Å². The molecule has 33 heavy (non-hydrogen) atoms. The maximum atomic E-state index is 12.7. The molecule has 0 radical (unpaired) electrons. The largest absolute Gasteiger partial charge is 0.454 e. The van der Waals surface area contributed by atoms with Crippen molar-refractivity contribution in [3.05, 3.63) is 59.2 Å². The van der Waals surface area contributed by atoms with Crippen LogP contribution in [0, 0.1) is 0 Å². The Hall–Kier alpha value is -3.88. The SMILES string of the molecule is O=C(NC1CCN(C(=O)CCN2C(=O)c3ccccc3C2=O)CC1)c1ccc2c(c1)OCO2. The molecule has 2 aromatic rings. The van der Waals surface area contributed by atoms with Gasteiger partial charge in [0.15, 0.2) is 11.5 Å². The van der Waals surface area contributed by atoms with Crippen molar-refractivity contribution in [2.45, 2.75) is 25.3 Å². The van der Waals surface area contributed by atoms with Crippen molar-refractivity contribution < 1.29 is 28.7 Å². The molecule has 3 aliphatic heterocycles. The normalized spacial score (nSPS) is 17.3. The van der Waals surface area contributed by atoms with Gasteiger partial charge in [0, 0.05) is 37.7 Å². The van der Waals surface area contributed by atoms with E-state index in [2.05, 4.69) is 5.32 Å². The van der Waals surface area contributed by atoms with E-state index >= 15 is 0 Å². The molecule has 0 aromatic heterocycles. The zero-order valence-corrected chi connectivity index (χ0v) is 17.9. The van der Waals surface area contributed by atoms with Gasteiger partial charge in [0.1, 0.15) is 0 Å². The van der Waals surface area contributed by atoms with E-state index < -0.39 is 0 Å². The third kappa shape index (κ3) is 4.02. The van der Waals surface area contributed by atoms with E-state index in [4.69, 9.17) is 9.47 Å². The summed E-state index contributed by atoms with van der Waals surface area (Å²) in [7, 11) is 0. The fourth-order valence-electron chi connectivity index (χ4n) is 4.39.